The smallest absolute Gasteiger partial charge is 0.251 e. The van der Waals surface area contributed by atoms with Crippen molar-refractivity contribution in [2.75, 3.05) is 26.8 Å². The maximum atomic E-state index is 12.8. The van der Waals surface area contributed by atoms with E-state index >= 15 is 0 Å². The van der Waals surface area contributed by atoms with Crippen LogP contribution in [0.5, 0.6) is 0 Å². The van der Waals surface area contributed by atoms with Crippen molar-refractivity contribution in [3.8, 4) is 0 Å². The molecule has 0 radical (unpaired) electrons. The van der Waals surface area contributed by atoms with Gasteiger partial charge in [0.1, 0.15) is 0 Å². The molecular formula is C16H24N2O4S. The number of hydrogen-bond donors (Lipinski definition) is 1. The van der Waals surface area contributed by atoms with Crippen LogP contribution >= 0.6 is 0 Å². The van der Waals surface area contributed by atoms with Crippen LogP contribution in [0.2, 0.25) is 0 Å². The van der Waals surface area contributed by atoms with E-state index < -0.39 is 10.0 Å². The van der Waals surface area contributed by atoms with Gasteiger partial charge in [-0.3, -0.25) is 4.79 Å². The van der Waals surface area contributed by atoms with E-state index in [1.807, 2.05) is 6.92 Å². The summed E-state index contributed by atoms with van der Waals surface area (Å²) < 4.78 is 32.0. The summed E-state index contributed by atoms with van der Waals surface area (Å²) in [5.41, 5.74) is 0.340. The molecule has 1 atom stereocenters. The number of piperidine rings is 1. The van der Waals surface area contributed by atoms with Crippen molar-refractivity contribution >= 4 is 15.9 Å². The van der Waals surface area contributed by atoms with Gasteiger partial charge in [-0.2, -0.15) is 4.31 Å². The number of sulfonamides is 1. The molecule has 128 valence electrons. The van der Waals surface area contributed by atoms with Crippen molar-refractivity contribution in [3.05, 3.63) is 29.8 Å². The molecule has 7 heteroatoms. The molecule has 1 heterocycles. The molecule has 1 aromatic rings. The molecule has 23 heavy (non-hydrogen) atoms. The Kier molecular flexibility index (Phi) is 6.15. The Hall–Kier alpha value is -1.44. The number of amides is 1. The van der Waals surface area contributed by atoms with Crippen molar-refractivity contribution in [1.29, 1.82) is 0 Å². The minimum Gasteiger partial charge on any atom is -0.383 e. The highest BCUT2D eigenvalue weighted by Gasteiger charge is 2.31. The molecular weight excluding hydrogens is 316 g/mol. The van der Waals surface area contributed by atoms with Crippen LogP contribution in [0.3, 0.4) is 0 Å². The molecule has 1 saturated heterocycles. The first-order valence-electron chi connectivity index (χ1n) is 7.86. The largest absolute Gasteiger partial charge is 0.383 e. The van der Waals surface area contributed by atoms with Gasteiger partial charge in [-0.1, -0.05) is 12.5 Å². The fraction of sp³-hybridized carbons (Fsp3) is 0.562. The lowest BCUT2D eigenvalue weighted by atomic mass is 10.1. The lowest BCUT2D eigenvalue weighted by molar-refractivity contribution is 0.0937. The van der Waals surface area contributed by atoms with Crippen molar-refractivity contribution < 1.29 is 17.9 Å². The number of ether oxygens (including phenoxy) is 1. The van der Waals surface area contributed by atoms with Crippen molar-refractivity contribution in [3.63, 3.8) is 0 Å². The highest BCUT2D eigenvalue weighted by Crippen LogP contribution is 2.25. The third-order valence-corrected chi connectivity index (χ3v) is 6.05. The lowest BCUT2D eigenvalue weighted by Crippen LogP contribution is -2.42. The third-order valence-electron chi connectivity index (χ3n) is 4.04. The first-order chi connectivity index (χ1) is 11.0. The van der Waals surface area contributed by atoms with Gasteiger partial charge < -0.3 is 10.1 Å². The van der Waals surface area contributed by atoms with Crippen LogP contribution in [0, 0.1) is 0 Å². The molecule has 0 aromatic heterocycles. The molecule has 2 rings (SSSR count). The highest BCUT2D eigenvalue weighted by molar-refractivity contribution is 7.89. The summed E-state index contributed by atoms with van der Waals surface area (Å²) in [7, 11) is -2.01. The minimum atomic E-state index is -3.56. The van der Waals surface area contributed by atoms with Gasteiger partial charge in [0, 0.05) is 31.8 Å². The molecule has 0 aliphatic carbocycles. The van der Waals surface area contributed by atoms with Crippen molar-refractivity contribution in [2.24, 2.45) is 0 Å². The van der Waals surface area contributed by atoms with Crippen LogP contribution in [0.25, 0.3) is 0 Å². The van der Waals surface area contributed by atoms with E-state index in [0.29, 0.717) is 25.3 Å². The number of benzene rings is 1. The van der Waals surface area contributed by atoms with Gasteiger partial charge in [0.05, 0.1) is 11.5 Å². The Morgan fingerprint density at radius 1 is 1.39 bits per heavy atom. The minimum absolute atomic E-state index is 0.00654. The van der Waals surface area contributed by atoms with E-state index in [9.17, 15) is 13.2 Å². The molecule has 0 saturated carbocycles. The van der Waals surface area contributed by atoms with E-state index in [1.54, 1.807) is 29.6 Å². The normalized spacial score (nSPS) is 19.5. The number of carbonyl (C=O) groups is 1. The second-order valence-corrected chi connectivity index (χ2v) is 7.63. The summed E-state index contributed by atoms with van der Waals surface area (Å²) in [6, 6.07) is 6.20. The van der Waals surface area contributed by atoms with E-state index in [1.165, 1.54) is 6.07 Å². The number of carbonyl (C=O) groups excluding carboxylic acids is 1. The maximum Gasteiger partial charge on any atom is 0.251 e. The zero-order valence-electron chi connectivity index (χ0n) is 13.6. The highest BCUT2D eigenvalue weighted by atomic mass is 32.2. The van der Waals surface area contributed by atoms with Crippen LogP contribution in [-0.4, -0.2) is 51.5 Å². The van der Waals surface area contributed by atoms with E-state index in [4.69, 9.17) is 4.74 Å². The van der Waals surface area contributed by atoms with Crippen LogP contribution in [-0.2, 0) is 14.8 Å². The molecule has 0 spiro atoms. The first-order valence-corrected chi connectivity index (χ1v) is 9.30. The maximum absolute atomic E-state index is 12.8. The molecule has 1 aromatic carbocycles. The van der Waals surface area contributed by atoms with Crippen LogP contribution in [0.4, 0.5) is 0 Å². The van der Waals surface area contributed by atoms with Gasteiger partial charge in [0.25, 0.3) is 5.91 Å². The van der Waals surface area contributed by atoms with Crippen molar-refractivity contribution in [2.45, 2.75) is 37.1 Å². The number of nitrogens with one attached hydrogen (secondary N) is 1. The molecule has 1 aliphatic heterocycles. The summed E-state index contributed by atoms with van der Waals surface area (Å²) in [6.07, 6.45) is 2.80. The van der Waals surface area contributed by atoms with Gasteiger partial charge in [-0.05, 0) is 38.0 Å². The second kappa shape index (κ2) is 7.90. The Morgan fingerprint density at radius 3 is 2.87 bits per heavy atom. The summed E-state index contributed by atoms with van der Waals surface area (Å²) in [4.78, 5) is 12.2. The Morgan fingerprint density at radius 2 is 2.17 bits per heavy atom. The Bertz CT molecular complexity index is 645. The number of hydrogen-bond acceptors (Lipinski definition) is 4. The standard InChI is InChI=1S/C16H24N2O4S/c1-13-6-3-4-10-18(13)23(20,21)15-8-5-7-14(12-15)16(19)17-9-11-22-2/h5,7-8,12-13H,3-4,6,9-11H2,1-2H3,(H,17,19). The second-order valence-electron chi connectivity index (χ2n) is 5.74. The van der Waals surface area contributed by atoms with E-state index in [-0.39, 0.29) is 16.8 Å². The fourth-order valence-electron chi connectivity index (χ4n) is 2.73. The summed E-state index contributed by atoms with van der Waals surface area (Å²) in [5, 5.41) is 2.69. The SMILES string of the molecule is COCCNC(=O)c1cccc(S(=O)(=O)N2CCCCC2C)c1. The fourth-order valence-corrected chi connectivity index (χ4v) is 4.48. The number of nitrogens with zero attached hydrogens (tertiary/aromatic N) is 1. The molecule has 6 nitrogen and oxygen atoms in total. The third kappa shape index (κ3) is 4.31. The first kappa shape index (κ1) is 17.9. The van der Waals surface area contributed by atoms with E-state index in [2.05, 4.69) is 5.32 Å². The van der Waals surface area contributed by atoms with Crippen LogP contribution in [0.15, 0.2) is 29.2 Å². The van der Waals surface area contributed by atoms with Crippen LogP contribution in [0.1, 0.15) is 36.5 Å². The van der Waals surface area contributed by atoms with Gasteiger partial charge in [0.15, 0.2) is 0 Å². The Balaban J connectivity index is 2.19. The monoisotopic (exact) mass is 340 g/mol. The summed E-state index contributed by atoms with van der Waals surface area (Å²) in [6.45, 7) is 3.26. The molecule has 1 fully saturated rings. The summed E-state index contributed by atoms with van der Waals surface area (Å²) in [5.74, 6) is -0.300. The van der Waals surface area contributed by atoms with Gasteiger partial charge in [0.2, 0.25) is 10.0 Å². The molecule has 1 aliphatic rings. The quantitative estimate of drug-likeness (QED) is 0.799. The molecule has 1 N–H and O–H groups in total. The summed E-state index contributed by atoms with van der Waals surface area (Å²) >= 11 is 0. The number of rotatable bonds is 6. The predicted octanol–water partition coefficient (Wildman–Crippen LogP) is 1.63. The van der Waals surface area contributed by atoms with E-state index in [0.717, 1.165) is 19.3 Å². The van der Waals surface area contributed by atoms with Crippen molar-refractivity contribution in [1.82, 2.24) is 9.62 Å². The average Bonchev–Trinajstić information content (AvgIpc) is 2.55. The van der Waals surface area contributed by atoms with Gasteiger partial charge >= 0.3 is 0 Å². The molecule has 0 bridgehead atoms. The average molecular weight is 340 g/mol. The molecule has 1 amide bonds. The topological polar surface area (TPSA) is 75.7 Å². The zero-order valence-corrected chi connectivity index (χ0v) is 14.4. The zero-order chi connectivity index (χ0) is 16.9. The van der Waals surface area contributed by atoms with Crippen LogP contribution < -0.4 is 5.32 Å². The van der Waals surface area contributed by atoms with Gasteiger partial charge in [-0.15, -0.1) is 0 Å². The Labute approximate surface area is 137 Å². The van der Waals surface area contributed by atoms with Gasteiger partial charge in [-0.25, -0.2) is 8.42 Å². The lowest BCUT2D eigenvalue weighted by Gasteiger charge is -2.32. The molecule has 1 unspecified atom stereocenters. The number of methoxy groups -OCH3 is 1. The predicted molar refractivity (Wildman–Crippen MR) is 87.9 cm³/mol.